The minimum atomic E-state index is -0.511. The number of fused-ring (bicyclic) bond motifs is 1. The number of carbonyl (C=O) groups excluding carboxylic acids is 1. The van der Waals surface area contributed by atoms with Crippen molar-refractivity contribution in [1.29, 1.82) is 0 Å². The molecule has 1 aliphatic heterocycles. The molecule has 2 aliphatic carbocycles. The first-order valence-corrected chi connectivity index (χ1v) is 12.4. The molecule has 0 bridgehead atoms. The SMILES string of the molecule is C[C@@H]1C[C@@H](O)c2ncnc(N3CCN(C(=O)[C@H](CNCC4CC4)c4ccc(Cl)cc4)CC3)c21.Cl.Cl. The van der Waals surface area contributed by atoms with Crippen LogP contribution in [0.4, 0.5) is 5.82 Å². The third kappa shape index (κ3) is 6.20. The predicted octanol–water partition coefficient (Wildman–Crippen LogP) is 3.95. The lowest BCUT2D eigenvalue weighted by Gasteiger charge is -2.38. The van der Waals surface area contributed by atoms with E-state index in [0.29, 0.717) is 31.1 Å². The van der Waals surface area contributed by atoms with E-state index in [0.717, 1.165) is 48.2 Å². The third-order valence-corrected chi connectivity index (χ3v) is 7.47. The summed E-state index contributed by atoms with van der Waals surface area (Å²) in [5.74, 6) is 1.86. The molecule has 1 amide bonds. The molecule has 2 heterocycles. The second-order valence-corrected chi connectivity index (χ2v) is 10.1. The number of aliphatic hydroxyl groups excluding tert-OH is 1. The Morgan fingerprint density at radius 1 is 1.14 bits per heavy atom. The molecule has 7 nitrogen and oxygen atoms in total. The quantitative estimate of drug-likeness (QED) is 0.551. The van der Waals surface area contributed by atoms with Crippen LogP contribution in [0.25, 0.3) is 0 Å². The molecule has 35 heavy (non-hydrogen) atoms. The fourth-order valence-corrected chi connectivity index (χ4v) is 5.24. The second kappa shape index (κ2) is 12.1. The van der Waals surface area contributed by atoms with Gasteiger partial charge in [-0.3, -0.25) is 4.79 Å². The van der Waals surface area contributed by atoms with Gasteiger partial charge in [-0.25, -0.2) is 9.97 Å². The van der Waals surface area contributed by atoms with E-state index >= 15 is 0 Å². The Kier molecular flexibility index (Phi) is 9.63. The molecule has 0 spiro atoms. The van der Waals surface area contributed by atoms with Gasteiger partial charge in [-0.1, -0.05) is 30.7 Å². The Balaban J connectivity index is 0.00000171. The van der Waals surface area contributed by atoms with E-state index < -0.39 is 6.10 Å². The highest BCUT2D eigenvalue weighted by molar-refractivity contribution is 6.30. The maximum absolute atomic E-state index is 13.6. The first-order valence-electron chi connectivity index (χ1n) is 12.0. The summed E-state index contributed by atoms with van der Waals surface area (Å²) < 4.78 is 0. The maximum Gasteiger partial charge on any atom is 0.231 e. The molecular weight excluding hydrogens is 509 g/mol. The molecule has 2 aromatic rings. The van der Waals surface area contributed by atoms with Gasteiger partial charge in [0.25, 0.3) is 0 Å². The van der Waals surface area contributed by atoms with Crippen LogP contribution in [0.2, 0.25) is 5.02 Å². The summed E-state index contributed by atoms with van der Waals surface area (Å²) in [5.41, 5.74) is 2.83. The Labute approximate surface area is 224 Å². The van der Waals surface area contributed by atoms with E-state index in [4.69, 9.17) is 11.6 Å². The fraction of sp³-hybridized carbons (Fsp3) is 0.560. The van der Waals surface area contributed by atoms with Crippen molar-refractivity contribution in [2.75, 3.05) is 44.2 Å². The van der Waals surface area contributed by atoms with E-state index in [1.807, 2.05) is 29.2 Å². The molecule has 3 atom stereocenters. The number of halogens is 3. The highest BCUT2D eigenvalue weighted by Crippen LogP contribution is 2.42. The van der Waals surface area contributed by atoms with Gasteiger partial charge in [-0.05, 0) is 55.3 Å². The van der Waals surface area contributed by atoms with Crippen molar-refractivity contribution < 1.29 is 9.90 Å². The van der Waals surface area contributed by atoms with Gasteiger partial charge in [0.2, 0.25) is 5.91 Å². The summed E-state index contributed by atoms with van der Waals surface area (Å²) in [6, 6.07) is 7.66. The first kappa shape index (κ1) is 27.9. The van der Waals surface area contributed by atoms with Crippen LogP contribution in [-0.2, 0) is 4.79 Å². The number of amides is 1. The number of carbonyl (C=O) groups is 1. The lowest BCUT2D eigenvalue weighted by molar-refractivity contribution is -0.133. The van der Waals surface area contributed by atoms with Crippen LogP contribution in [0.15, 0.2) is 30.6 Å². The third-order valence-electron chi connectivity index (χ3n) is 7.22. The predicted molar refractivity (Wildman–Crippen MR) is 143 cm³/mol. The number of anilines is 1. The molecule has 0 unspecified atom stereocenters. The smallest absolute Gasteiger partial charge is 0.231 e. The number of nitrogens with zero attached hydrogens (tertiary/aromatic N) is 4. The van der Waals surface area contributed by atoms with Crippen LogP contribution in [0, 0.1) is 5.92 Å². The van der Waals surface area contributed by atoms with Crippen LogP contribution in [-0.4, -0.2) is 65.2 Å². The highest BCUT2D eigenvalue weighted by atomic mass is 35.5. The monoisotopic (exact) mass is 541 g/mol. The number of nitrogens with one attached hydrogen (secondary N) is 1. The van der Waals surface area contributed by atoms with Gasteiger partial charge in [-0.15, -0.1) is 24.8 Å². The Hall–Kier alpha value is -1.64. The van der Waals surface area contributed by atoms with Crippen LogP contribution < -0.4 is 10.2 Å². The molecule has 0 radical (unpaired) electrons. The maximum atomic E-state index is 13.6. The topological polar surface area (TPSA) is 81.6 Å². The summed E-state index contributed by atoms with van der Waals surface area (Å²) >= 11 is 6.09. The molecule has 1 saturated carbocycles. The summed E-state index contributed by atoms with van der Waals surface area (Å²) in [5, 5.41) is 14.5. The van der Waals surface area contributed by atoms with Gasteiger partial charge in [0.15, 0.2) is 0 Å². The Morgan fingerprint density at radius 2 is 1.83 bits per heavy atom. The summed E-state index contributed by atoms with van der Waals surface area (Å²) in [4.78, 5) is 26.7. The molecule has 2 fully saturated rings. The minimum Gasteiger partial charge on any atom is -0.387 e. The molecule has 3 aliphatic rings. The lowest BCUT2D eigenvalue weighted by atomic mass is 9.97. The zero-order valence-electron chi connectivity index (χ0n) is 19.9. The number of aromatic nitrogens is 2. The second-order valence-electron chi connectivity index (χ2n) is 9.67. The van der Waals surface area contributed by atoms with Gasteiger partial charge < -0.3 is 20.2 Å². The average Bonchev–Trinajstić information content (AvgIpc) is 3.61. The van der Waals surface area contributed by atoms with Gasteiger partial charge >= 0.3 is 0 Å². The minimum absolute atomic E-state index is 0. The van der Waals surface area contributed by atoms with Gasteiger partial charge in [0.05, 0.1) is 17.7 Å². The zero-order chi connectivity index (χ0) is 22.9. The largest absolute Gasteiger partial charge is 0.387 e. The highest BCUT2D eigenvalue weighted by Gasteiger charge is 2.35. The standard InChI is InChI=1S/C25H32ClN5O2.2ClH/c1-16-12-21(32)23-22(16)24(29-15-28-23)30-8-10-31(11-9-30)25(33)20(14-27-13-17-2-3-17)18-4-6-19(26)7-5-18;;/h4-7,15-17,20-21,27,32H,2-3,8-14H2,1H3;2*1H/t16-,20-,21-;;/m1../s1. The molecule has 5 rings (SSSR count). The average molecular weight is 543 g/mol. The van der Waals surface area contributed by atoms with Crippen LogP contribution in [0.1, 0.15) is 60.9 Å². The summed E-state index contributed by atoms with van der Waals surface area (Å²) in [7, 11) is 0. The van der Waals surface area contributed by atoms with Crippen molar-refractivity contribution in [3.8, 4) is 0 Å². The molecule has 2 N–H and O–H groups in total. The Bertz CT molecular complexity index is 997. The number of hydrogen-bond acceptors (Lipinski definition) is 6. The number of piperazine rings is 1. The lowest BCUT2D eigenvalue weighted by Crippen LogP contribution is -2.51. The molecule has 1 saturated heterocycles. The molecular formula is C25H34Cl3N5O2. The molecule has 1 aromatic carbocycles. The molecule has 1 aromatic heterocycles. The van der Waals surface area contributed by atoms with E-state index in [1.54, 1.807) is 6.33 Å². The van der Waals surface area contributed by atoms with Gasteiger partial charge in [-0.2, -0.15) is 0 Å². The zero-order valence-corrected chi connectivity index (χ0v) is 22.3. The van der Waals surface area contributed by atoms with Crippen molar-refractivity contribution in [2.24, 2.45) is 5.92 Å². The van der Waals surface area contributed by atoms with E-state index in [2.05, 4.69) is 27.1 Å². The van der Waals surface area contributed by atoms with Crippen molar-refractivity contribution in [1.82, 2.24) is 20.2 Å². The first-order chi connectivity index (χ1) is 16.0. The van der Waals surface area contributed by atoms with Crippen molar-refractivity contribution >= 4 is 48.1 Å². The number of rotatable bonds is 7. The fourth-order valence-electron chi connectivity index (χ4n) is 5.11. The number of hydrogen-bond donors (Lipinski definition) is 2. The van der Waals surface area contributed by atoms with Crippen molar-refractivity contribution in [3.63, 3.8) is 0 Å². The molecule has 10 heteroatoms. The Morgan fingerprint density at radius 3 is 2.49 bits per heavy atom. The van der Waals surface area contributed by atoms with E-state index in [-0.39, 0.29) is 42.6 Å². The van der Waals surface area contributed by atoms with Crippen molar-refractivity contribution in [3.05, 3.63) is 52.4 Å². The summed E-state index contributed by atoms with van der Waals surface area (Å²) in [6.07, 6.45) is 4.31. The van der Waals surface area contributed by atoms with Crippen molar-refractivity contribution in [2.45, 2.75) is 44.1 Å². The van der Waals surface area contributed by atoms with Crippen LogP contribution in [0.3, 0.4) is 0 Å². The van der Waals surface area contributed by atoms with E-state index in [9.17, 15) is 9.90 Å². The van der Waals surface area contributed by atoms with Gasteiger partial charge in [0, 0.05) is 43.3 Å². The van der Waals surface area contributed by atoms with Crippen LogP contribution >= 0.6 is 36.4 Å². The normalized spacial score (nSPS) is 22.1. The van der Waals surface area contributed by atoms with E-state index in [1.165, 1.54) is 12.8 Å². The van der Waals surface area contributed by atoms with Crippen LogP contribution in [0.5, 0.6) is 0 Å². The number of aliphatic hydroxyl groups is 1. The van der Waals surface area contributed by atoms with Gasteiger partial charge in [0.1, 0.15) is 12.1 Å². The number of benzene rings is 1. The summed E-state index contributed by atoms with van der Waals surface area (Å²) in [6.45, 7) is 6.50. The molecule has 192 valence electrons.